The molecule has 4 rings (SSSR count). The van der Waals surface area contributed by atoms with Gasteiger partial charge >= 0.3 is 0 Å². The molecule has 134 valence electrons. The van der Waals surface area contributed by atoms with Crippen LogP contribution in [-0.2, 0) is 24.2 Å². The Kier molecular flexibility index (Phi) is 4.50. The molecule has 0 aromatic carbocycles. The van der Waals surface area contributed by atoms with Crippen molar-refractivity contribution < 1.29 is 4.79 Å². The number of hydrogen-bond donors (Lipinski definition) is 2. The molecule has 5 heteroatoms. The normalized spacial score (nSPS) is 21.6. The molecule has 1 fully saturated rings. The predicted octanol–water partition coefficient (Wildman–Crippen LogP) is 3.01. The van der Waals surface area contributed by atoms with Gasteiger partial charge in [0.2, 0.25) is 0 Å². The minimum absolute atomic E-state index is 0.0525. The number of aryl methyl sites for hydroxylation is 1. The molecular weight excluding hydrogens is 312 g/mol. The van der Waals surface area contributed by atoms with Crippen molar-refractivity contribution in [1.29, 1.82) is 0 Å². The average Bonchev–Trinajstić information content (AvgIpc) is 3.33. The van der Waals surface area contributed by atoms with Crippen LogP contribution >= 0.6 is 0 Å². The maximum absolute atomic E-state index is 12.3. The molecule has 0 saturated heterocycles. The highest BCUT2D eigenvalue weighted by Gasteiger charge is 2.36. The van der Waals surface area contributed by atoms with E-state index >= 15 is 0 Å². The van der Waals surface area contributed by atoms with Crippen molar-refractivity contribution in [2.45, 2.75) is 58.9 Å². The van der Waals surface area contributed by atoms with Gasteiger partial charge in [-0.15, -0.1) is 0 Å². The Balaban J connectivity index is 1.73. The van der Waals surface area contributed by atoms with Gasteiger partial charge < -0.3 is 4.98 Å². The van der Waals surface area contributed by atoms with Crippen LogP contribution in [-0.4, -0.2) is 34.6 Å². The summed E-state index contributed by atoms with van der Waals surface area (Å²) in [5.41, 5.74) is 9.78. The molecule has 5 nitrogen and oxygen atoms in total. The second-order valence-corrected chi connectivity index (χ2v) is 7.41. The third-order valence-corrected chi connectivity index (χ3v) is 5.77. The first-order valence-corrected chi connectivity index (χ1v) is 9.76. The van der Waals surface area contributed by atoms with Gasteiger partial charge in [0.05, 0.1) is 11.3 Å². The second-order valence-electron chi connectivity index (χ2n) is 7.41. The van der Waals surface area contributed by atoms with Crippen LogP contribution in [0.15, 0.2) is 10.7 Å². The number of fused-ring (bicyclic) bond motifs is 1. The molecule has 3 aliphatic rings. The van der Waals surface area contributed by atoms with Crippen LogP contribution in [0, 0.1) is 5.92 Å². The summed E-state index contributed by atoms with van der Waals surface area (Å²) in [6, 6.07) is 0. The summed E-state index contributed by atoms with van der Waals surface area (Å²) in [5, 5.41) is 4.29. The molecule has 2 heterocycles. The summed E-state index contributed by atoms with van der Waals surface area (Å²) < 4.78 is 0. The number of H-pyrrole nitrogens is 1. The van der Waals surface area contributed by atoms with Crippen molar-refractivity contribution in [1.82, 2.24) is 15.3 Å². The van der Waals surface area contributed by atoms with Gasteiger partial charge in [-0.3, -0.25) is 9.69 Å². The van der Waals surface area contributed by atoms with E-state index in [1.54, 1.807) is 0 Å². The molecule has 1 saturated carbocycles. The van der Waals surface area contributed by atoms with Gasteiger partial charge in [-0.2, -0.15) is 5.10 Å². The van der Waals surface area contributed by atoms with E-state index in [-0.39, 0.29) is 5.91 Å². The molecule has 1 aromatic heterocycles. The maximum atomic E-state index is 12.3. The second kappa shape index (κ2) is 6.79. The summed E-state index contributed by atoms with van der Waals surface area (Å²) >= 11 is 0. The fraction of sp³-hybridized carbons (Fsp3) is 0.600. The molecule has 1 aromatic rings. The molecule has 1 aliphatic heterocycles. The van der Waals surface area contributed by atoms with Gasteiger partial charge in [-0.1, -0.05) is 13.8 Å². The SMILES string of the molecule is CCN(CC)Cc1c(C=C2C(=O)NN=C2C2CC2)[nH]c2c1CCCC2. The molecule has 0 atom stereocenters. The number of carbonyl (C=O) groups excluding carboxylic acids is 1. The first-order valence-electron chi connectivity index (χ1n) is 9.76. The van der Waals surface area contributed by atoms with Crippen molar-refractivity contribution >= 4 is 17.7 Å². The summed E-state index contributed by atoms with van der Waals surface area (Å²) in [5.74, 6) is 0.421. The highest BCUT2D eigenvalue weighted by Crippen LogP contribution is 2.36. The number of nitrogens with zero attached hydrogens (tertiary/aromatic N) is 2. The lowest BCUT2D eigenvalue weighted by molar-refractivity contribution is -0.116. The van der Waals surface area contributed by atoms with E-state index in [0.717, 1.165) is 62.3 Å². The fourth-order valence-electron chi connectivity index (χ4n) is 4.05. The first-order chi connectivity index (χ1) is 12.2. The average molecular weight is 340 g/mol. The standard InChI is InChI=1S/C20H28N4O/c1-3-24(4-2)12-16-14-7-5-6-8-17(14)21-18(16)11-15-19(13-9-10-13)22-23-20(15)25/h11,13,21H,3-10,12H2,1-2H3,(H,23,25). The van der Waals surface area contributed by atoms with Crippen LogP contribution in [0.4, 0.5) is 0 Å². The van der Waals surface area contributed by atoms with E-state index < -0.39 is 0 Å². The van der Waals surface area contributed by atoms with Crippen LogP contribution in [0.25, 0.3) is 6.08 Å². The fourth-order valence-corrected chi connectivity index (χ4v) is 4.05. The Morgan fingerprint density at radius 1 is 1.20 bits per heavy atom. The van der Waals surface area contributed by atoms with E-state index in [1.165, 1.54) is 29.7 Å². The number of nitrogens with one attached hydrogen (secondary N) is 2. The Morgan fingerprint density at radius 2 is 1.96 bits per heavy atom. The Morgan fingerprint density at radius 3 is 2.68 bits per heavy atom. The Labute approximate surface area is 149 Å². The van der Waals surface area contributed by atoms with Crippen LogP contribution in [0.5, 0.6) is 0 Å². The number of aromatic amines is 1. The number of aromatic nitrogens is 1. The van der Waals surface area contributed by atoms with Gasteiger partial charge in [-0.05, 0) is 68.8 Å². The van der Waals surface area contributed by atoms with Gasteiger partial charge in [0.25, 0.3) is 5.91 Å². The summed E-state index contributed by atoms with van der Waals surface area (Å²) in [6.07, 6.45) is 9.17. The zero-order valence-corrected chi connectivity index (χ0v) is 15.3. The first kappa shape index (κ1) is 16.6. The summed E-state index contributed by atoms with van der Waals surface area (Å²) in [7, 11) is 0. The predicted molar refractivity (Wildman–Crippen MR) is 100 cm³/mol. The monoisotopic (exact) mass is 340 g/mol. The molecule has 2 aliphatic carbocycles. The molecular formula is C20H28N4O. The third kappa shape index (κ3) is 3.17. The molecule has 25 heavy (non-hydrogen) atoms. The highest BCUT2D eigenvalue weighted by atomic mass is 16.2. The Hall–Kier alpha value is -1.88. The molecule has 1 amide bonds. The van der Waals surface area contributed by atoms with E-state index in [1.807, 2.05) is 0 Å². The third-order valence-electron chi connectivity index (χ3n) is 5.77. The summed E-state index contributed by atoms with van der Waals surface area (Å²) in [6.45, 7) is 7.46. The van der Waals surface area contributed by atoms with Crippen LogP contribution < -0.4 is 5.43 Å². The molecule has 0 unspecified atom stereocenters. The number of hydrogen-bond acceptors (Lipinski definition) is 3. The Bertz CT molecular complexity index is 735. The van der Waals surface area contributed by atoms with Crippen LogP contribution in [0.3, 0.4) is 0 Å². The van der Waals surface area contributed by atoms with Crippen molar-refractivity contribution in [2.24, 2.45) is 11.0 Å². The van der Waals surface area contributed by atoms with Gasteiger partial charge in [0.1, 0.15) is 0 Å². The number of hydrazone groups is 1. The lowest BCUT2D eigenvalue weighted by Crippen LogP contribution is -2.23. The van der Waals surface area contributed by atoms with Gasteiger partial charge in [0, 0.05) is 23.9 Å². The smallest absolute Gasteiger partial charge is 0.273 e. The van der Waals surface area contributed by atoms with Crippen molar-refractivity contribution in [3.63, 3.8) is 0 Å². The number of carbonyl (C=O) groups is 1. The molecule has 0 radical (unpaired) electrons. The lowest BCUT2D eigenvalue weighted by Gasteiger charge is -2.20. The number of amides is 1. The minimum Gasteiger partial charge on any atom is -0.358 e. The highest BCUT2D eigenvalue weighted by molar-refractivity contribution is 6.28. The zero-order valence-electron chi connectivity index (χ0n) is 15.3. The topological polar surface area (TPSA) is 60.5 Å². The quantitative estimate of drug-likeness (QED) is 0.782. The lowest BCUT2D eigenvalue weighted by atomic mass is 9.93. The number of rotatable bonds is 6. The van der Waals surface area contributed by atoms with Gasteiger partial charge in [-0.25, -0.2) is 5.43 Å². The van der Waals surface area contributed by atoms with E-state index in [2.05, 4.69) is 40.3 Å². The zero-order chi connectivity index (χ0) is 17.4. The van der Waals surface area contributed by atoms with E-state index in [4.69, 9.17) is 0 Å². The van der Waals surface area contributed by atoms with E-state index in [0.29, 0.717) is 5.92 Å². The van der Waals surface area contributed by atoms with Crippen LogP contribution in [0.2, 0.25) is 0 Å². The molecule has 2 N–H and O–H groups in total. The largest absolute Gasteiger partial charge is 0.358 e. The minimum atomic E-state index is -0.0525. The summed E-state index contributed by atoms with van der Waals surface area (Å²) in [4.78, 5) is 18.4. The van der Waals surface area contributed by atoms with E-state index in [9.17, 15) is 4.79 Å². The van der Waals surface area contributed by atoms with Gasteiger partial charge in [0.15, 0.2) is 0 Å². The molecule has 0 bridgehead atoms. The van der Waals surface area contributed by atoms with Crippen molar-refractivity contribution in [3.8, 4) is 0 Å². The van der Waals surface area contributed by atoms with Crippen LogP contribution in [0.1, 0.15) is 62.0 Å². The van der Waals surface area contributed by atoms with Crippen molar-refractivity contribution in [3.05, 3.63) is 28.1 Å². The van der Waals surface area contributed by atoms with Crippen molar-refractivity contribution in [2.75, 3.05) is 13.1 Å². The maximum Gasteiger partial charge on any atom is 0.273 e. The molecule has 0 spiro atoms.